The molecule has 0 fully saturated rings. The largest absolute Gasteiger partial charge is 0.296 e. The van der Waals surface area contributed by atoms with Crippen LogP contribution in [0.25, 0.3) is 38.3 Å². The van der Waals surface area contributed by atoms with Gasteiger partial charge in [-0.1, -0.05) is 54.6 Å². The molecule has 0 amide bonds. The summed E-state index contributed by atoms with van der Waals surface area (Å²) >= 11 is 7.38. The first-order valence-corrected chi connectivity index (χ1v) is 9.55. The third-order valence-corrected chi connectivity index (χ3v) is 5.88. The van der Waals surface area contributed by atoms with Crippen LogP contribution in [0.4, 0.5) is 0 Å². The number of halogens is 2. The first-order chi connectivity index (χ1) is 12.3. The van der Waals surface area contributed by atoms with Gasteiger partial charge in [0.2, 0.25) is 0 Å². The van der Waals surface area contributed by atoms with Crippen LogP contribution in [0.2, 0.25) is 0 Å². The number of rotatable bonds is 1. The van der Waals surface area contributed by atoms with E-state index in [9.17, 15) is 0 Å². The summed E-state index contributed by atoms with van der Waals surface area (Å²) in [6, 6.07) is 23.1. The van der Waals surface area contributed by atoms with Crippen LogP contribution in [0.1, 0.15) is 0 Å². The summed E-state index contributed by atoms with van der Waals surface area (Å²) in [6.45, 7) is 0. The van der Waals surface area contributed by atoms with Crippen molar-refractivity contribution in [1.82, 2.24) is 9.55 Å². The molecule has 0 aliphatic rings. The molecule has 0 saturated heterocycles. The highest BCUT2D eigenvalue weighted by molar-refractivity contribution is 9.11. The Balaban J connectivity index is 2.05. The molecule has 0 bridgehead atoms. The van der Waals surface area contributed by atoms with E-state index < -0.39 is 0 Å². The molecule has 0 radical (unpaired) electrons. The Labute approximate surface area is 161 Å². The van der Waals surface area contributed by atoms with E-state index in [0.29, 0.717) is 0 Å². The lowest BCUT2D eigenvalue weighted by Gasteiger charge is -2.12. The minimum Gasteiger partial charge on any atom is -0.296 e. The summed E-state index contributed by atoms with van der Waals surface area (Å²) in [5.41, 5.74) is 3.21. The van der Waals surface area contributed by atoms with Gasteiger partial charge < -0.3 is 0 Å². The number of hydrogen-bond acceptors (Lipinski definition) is 1. The Kier molecular flexibility index (Phi) is 3.43. The van der Waals surface area contributed by atoms with Gasteiger partial charge in [0.25, 0.3) is 0 Å². The molecule has 1 aromatic heterocycles. The molecule has 0 aliphatic carbocycles. The molecule has 0 N–H and O–H groups in total. The maximum absolute atomic E-state index is 4.78. The third-order valence-electron chi connectivity index (χ3n) is 4.60. The highest BCUT2D eigenvalue weighted by Crippen LogP contribution is 2.38. The monoisotopic (exact) mass is 450 g/mol. The molecule has 25 heavy (non-hydrogen) atoms. The van der Waals surface area contributed by atoms with Crippen molar-refractivity contribution in [2.24, 2.45) is 0 Å². The fourth-order valence-corrected chi connectivity index (χ4v) is 4.92. The van der Waals surface area contributed by atoms with Crippen molar-refractivity contribution in [2.45, 2.75) is 0 Å². The zero-order valence-corrected chi connectivity index (χ0v) is 16.3. The predicted octanol–water partition coefficient (Wildman–Crippen LogP) is 6.86. The fraction of sp³-hybridized carbons (Fsp3) is 0. The Hall–Kier alpha value is -2.17. The van der Waals surface area contributed by atoms with Crippen LogP contribution in [-0.2, 0) is 0 Å². The number of para-hydroxylation sites is 1. The first kappa shape index (κ1) is 15.1. The molecule has 1 heterocycles. The lowest BCUT2D eigenvalue weighted by Crippen LogP contribution is -1.96. The average Bonchev–Trinajstić information content (AvgIpc) is 3.07. The number of aromatic nitrogens is 2. The van der Waals surface area contributed by atoms with E-state index in [1.807, 2.05) is 12.4 Å². The van der Waals surface area contributed by atoms with E-state index in [1.165, 1.54) is 21.5 Å². The number of fused-ring (bicyclic) bond motifs is 6. The number of nitrogens with zero attached hydrogens (tertiary/aromatic N) is 2. The molecule has 2 nitrogen and oxygen atoms in total. The second kappa shape index (κ2) is 5.68. The minimum atomic E-state index is 1.02. The average molecular weight is 452 g/mol. The third kappa shape index (κ3) is 2.17. The number of hydrogen-bond donors (Lipinski definition) is 0. The maximum Gasteiger partial charge on any atom is 0.101 e. The molecule has 4 aromatic carbocycles. The van der Waals surface area contributed by atoms with E-state index in [-0.39, 0.29) is 0 Å². The molecule has 0 spiro atoms. The summed E-state index contributed by atoms with van der Waals surface area (Å²) in [4.78, 5) is 4.78. The van der Waals surface area contributed by atoms with Gasteiger partial charge in [-0.2, -0.15) is 0 Å². The van der Waals surface area contributed by atoms with Gasteiger partial charge in [0.1, 0.15) is 6.33 Å². The molecular formula is C21H12Br2N2. The van der Waals surface area contributed by atoms with Gasteiger partial charge in [-0.3, -0.25) is 4.57 Å². The van der Waals surface area contributed by atoms with Gasteiger partial charge in [0.05, 0.1) is 16.7 Å². The van der Waals surface area contributed by atoms with Crippen molar-refractivity contribution in [3.05, 3.63) is 82.0 Å². The molecule has 0 saturated carbocycles. The standard InChI is InChI=1S/C21H12Br2N2/c22-17-10-5-11-18(23)21(17)25-12-24-19-15-8-3-1-6-13(15)14-7-2-4-9-16(14)20(19)25/h1-12H. The van der Waals surface area contributed by atoms with Crippen molar-refractivity contribution in [1.29, 1.82) is 0 Å². The molecular weight excluding hydrogens is 440 g/mol. The fourth-order valence-electron chi connectivity index (χ4n) is 3.54. The SMILES string of the molecule is Brc1cccc(Br)c1-n1cnc2c3ccccc3c3ccccc3c21. The smallest absolute Gasteiger partial charge is 0.101 e. The van der Waals surface area contributed by atoms with Gasteiger partial charge in [-0.05, 0) is 54.8 Å². The van der Waals surface area contributed by atoms with Crippen molar-refractivity contribution in [3.63, 3.8) is 0 Å². The lowest BCUT2D eigenvalue weighted by atomic mass is 10.00. The molecule has 0 aliphatic heterocycles. The van der Waals surface area contributed by atoms with E-state index in [0.717, 1.165) is 25.7 Å². The van der Waals surface area contributed by atoms with E-state index in [2.05, 4.69) is 97.1 Å². The zero-order valence-electron chi connectivity index (χ0n) is 13.1. The Morgan fingerprint density at radius 2 is 1.20 bits per heavy atom. The van der Waals surface area contributed by atoms with Gasteiger partial charge in [-0.25, -0.2) is 4.98 Å². The Bertz CT molecular complexity index is 1250. The topological polar surface area (TPSA) is 17.8 Å². The Morgan fingerprint density at radius 3 is 1.88 bits per heavy atom. The minimum absolute atomic E-state index is 1.02. The molecule has 4 heteroatoms. The summed E-state index contributed by atoms with van der Waals surface area (Å²) in [5, 5.41) is 4.87. The van der Waals surface area contributed by atoms with E-state index in [4.69, 9.17) is 4.98 Å². The molecule has 120 valence electrons. The van der Waals surface area contributed by atoms with Crippen LogP contribution in [0.5, 0.6) is 0 Å². The molecule has 5 rings (SSSR count). The van der Waals surface area contributed by atoms with Gasteiger partial charge in [-0.15, -0.1) is 0 Å². The first-order valence-electron chi connectivity index (χ1n) is 7.96. The lowest BCUT2D eigenvalue weighted by molar-refractivity contribution is 1.08. The van der Waals surface area contributed by atoms with E-state index in [1.54, 1.807) is 0 Å². The van der Waals surface area contributed by atoms with E-state index >= 15 is 0 Å². The predicted molar refractivity (Wildman–Crippen MR) is 111 cm³/mol. The number of imidazole rings is 1. The maximum atomic E-state index is 4.78. The summed E-state index contributed by atoms with van der Waals surface area (Å²) in [5.74, 6) is 0. The van der Waals surface area contributed by atoms with Crippen LogP contribution < -0.4 is 0 Å². The van der Waals surface area contributed by atoms with Crippen LogP contribution in [0, 0.1) is 0 Å². The summed E-state index contributed by atoms with van der Waals surface area (Å²) in [6.07, 6.45) is 1.91. The van der Waals surface area contributed by atoms with Crippen LogP contribution in [0.15, 0.2) is 82.0 Å². The quantitative estimate of drug-likeness (QED) is 0.254. The number of benzene rings is 4. The molecule has 0 unspecified atom stereocenters. The normalized spacial score (nSPS) is 11.6. The van der Waals surface area contributed by atoms with Gasteiger partial charge in [0.15, 0.2) is 0 Å². The van der Waals surface area contributed by atoms with Gasteiger partial charge in [0, 0.05) is 19.7 Å². The van der Waals surface area contributed by atoms with Crippen molar-refractivity contribution >= 4 is 64.4 Å². The zero-order chi connectivity index (χ0) is 17.0. The Morgan fingerprint density at radius 1 is 0.640 bits per heavy atom. The second-order valence-corrected chi connectivity index (χ2v) is 7.68. The van der Waals surface area contributed by atoms with Crippen LogP contribution >= 0.6 is 31.9 Å². The van der Waals surface area contributed by atoms with Crippen molar-refractivity contribution < 1.29 is 0 Å². The highest BCUT2D eigenvalue weighted by Gasteiger charge is 2.16. The van der Waals surface area contributed by atoms with Crippen molar-refractivity contribution in [3.8, 4) is 5.69 Å². The van der Waals surface area contributed by atoms with Gasteiger partial charge >= 0.3 is 0 Å². The summed E-state index contributed by atoms with van der Waals surface area (Å²) < 4.78 is 4.22. The molecule has 0 atom stereocenters. The highest BCUT2D eigenvalue weighted by atomic mass is 79.9. The van der Waals surface area contributed by atoms with Crippen LogP contribution in [0.3, 0.4) is 0 Å². The summed E-state index contributed by atoms with van der Waals surface area (Å²) in [7, 11) is 0. The second-order valence-electron chi connectivity index (χ2n) is 5.97. The van der Waals surface area contributed by atoms with Crippen LogP contribution in [-0.4, -0.2) is 9.55 Å². The molecule has 5 aromatic rings. The van der Waals surface area contributed by atoms with Crippen molar-refractivity contribution in [2.75, 3.05) is 0 Å².